The van der Waals surface area contributed by atoms with E-state index in [-0.39, 0.29) is 5.91 Å². The summed E-state index contributed by atoms with van der Waals surface area (Å²) in [5, 5.41) is 2.98. The van der Waals surface area contributed by atoms with Crippen molar-refractivity contribution in [2.45, 2.75) is 39.5 Å². The summed E-state index contributed by atoms with van der Waals surface area (Å²) in [5.74, 6) is 1.84. The van der Waals surface area contributed by atoms with Crippen molar-refractivity contribution >= 4 is 11.6 Å². The van der Waals surface area contributed by atoms with Crippen LogP contribution in [0.4, 0.5) is 5.69 Å². The number of nitrogens with one attached hydrogen (secondary N) is 1. The minimum absolute atomic E-state index is 0.119. The van der Waals surface area contributed by atoms with E-state index in [1.807, 2.05) is 32.9 Å². The van der Waals surface area contributed by atoms with Crippen molar-refractivity contribution in [1.29, 1.82) is 0 Å². The van der Waals surface area contributed by atoms with Crippen molar-refractivity contribution in [3.63, 3.8) is 0 Å². The third-order valence-electron chi connectivity index (χ3n) is 3.84. The summed E-state index contributed by atoms with van der Waals surface area (Å²) < 4.78 is 5.52. The maximum absolute atomic E-state index is 12.5. The Morgan fingerprint density at radius 2 is 2.05 bits per heavy atom. The molecule has 0 radical (unpaired) electrons. The van der Waals surface area contributed by atoms with E-state index in [1.54, 1.807) is 6.20 Å². The number of pyridine rings is 1. The molecule has 104 valence electrons. The molecular weight excluding hydrogens is 252 g/mol. The Balaban J connectivity index is 1.89. The van der Waals surface area contributed by atoms with Crippen LogP contribution in [0.25, 0.3) is 0 Å². The zero-order valence-corrected chi connectivity index (χ0v) is 12.0. The Morgan fingerprint density at radius 1 is 1.30 bits per heavy atom. The van der Waals surface area contributed by atoms with Crippen molar-refractivity contribution in [3.05, 3.63) is 46.7 Å². The molecule has 0 unspecified atom stereocenters. The van der Waals surface area contributed by atoms with Gasteiger partial charge in [0.15, 0.2) is 0 Å². The van der Waals surface area contributed by atoms with Crippen LogP contribution in [0.5, 0.6) is 0 Å². The lowest BCUT2D eigenvalue weighted by Crippen LogP contribution is -2.15. The summed E-state index contributed by atoms with van der Waals surface area (Å²) in [7, 11) is 0. The van der Waals surface area contributed by atoms with Gasteiger partial charge in [0.05, 0.1) is 16.9 Å². The normalized spacial score (nSPS) is 14.3. The molecule has 0 atom stereocenters. The van der Waals surface area contributed by atoms with E-state index in [2.05, 4.69) is 10.3 Å². The average Bonchev–Trinajstić information content (AvgIpc) is 3.19. The van der Waals surface area contributed by atoms with Gasteiger partial charge >= 0.3 is 0 Å². The highest BCUT2D eigenvalue weighted by atomic mass is 16.3. The summed E-state index contributed by atoms with van der Waals surface area (Å²) in [6.45, 7) is 5.60. The first-order valence-corrected chi connectivity index (χ1v) is 6.90. The Morgan fingerprint density at radius 3 is 2.65 bits per heavy atom. The maximum atomic E-state index is 12.5. The maximum Gasteiger partial charge on any atom is 0.259 e. The van der Waals surface area contributed by atoms with Crippen molar-refractivity contribution < 1.29 is 9.21 Å². The lowest BCUT2D eigenvalue weighted by atomic mass is 10.1. The summed E-state index contributed by atoms with van der Waals surface area (Å²) >= 11 is 0. The number of aromatic nitrogens is 1. The molecule has 1 saturated carbocycles. The fourth-order valence-electron chi connectivity index (χ4n) is 2.52. The molecule has 0 aliphatic heterocycles. The third kappa shape index (κ3) is 2.22. The predicted octanol–water partition coefficient (Wildman–Crippen LogP) is 3.73. The monoisotopic (exact) mass is 270 g/mol. The highest BCUT2D eigenvalue weighted by Crippen LogP contribution is 2.42. The Labute approximate surface area is 118 Å². The van der Waals surface area contributed by atoms with E-state index in [9.17, 15) is 4.79 Å². The molecule has 1 aliphatic rings. The van der Waals surface area contributed by atoms with Gasteiger partial charge in [0.2, 0.25) is 0 Å². The van der Waals surface area contributed by atoms with Gasteiger partial charge in [-0.05, 0) is 45.7 Å². The molecule has 0 saturated heterocycles. The Bertz CT molecular complexity index is 669. The number of carbonyl (C=O) groups is 1. The number of rotatable bonds is 3. The van der Waals surface area contributed by atoms with Gasteiger partial charge in [-0.25, -0.2) is 0 Å². The van der Waals surface area contributed by atoms with Gasteiger partial charge in [0.25, 0.3) is 5.91 Å². The second-order valence-corrected chi connectivity index (χ2v) is 5.38. The number of carbonyl (C=O) groups excluding carboxylic acids is 1. The first-order chi connectivity index (χ1) is 9.58. The van der Waals surface area contributed by atoms with E-state index in [1.165, 1.54) is 0 Å². The fourth-order valence-corrected chi connectivity index (χ4v) is 2.52. The smallest absolute Gasteiger partial charge is 0.259 e. The van der Waals surface area contributed by atoms with E-state index in [4.69, 9.17) is 4.42 Å². The molecule has 0 bridgehead atoms. The molecule has 1 amide bonds. The second kappa shape index (κ2) is 4.78. The predicted molar refractivity (Wildman–Crippen MR) is 77.1 cm³/mol. The topological polar surface area (TPSA) is 55.1 Å². The van der Waals surface area contributed by atoms with Crippen LogP contribution in [0.1, 0.15) is 51.9 Å². The number of hydrogen-bond acceptors (Lipinski definition) is 3. The zero-order chi connectivity index (χ0) is 14.3. The molecule has 4 nitrogen and oxygen atoms in total. The molecule has 1 N–H and O–H groups in total. The number of aryl methyl sites for hydroxylation is 2. The average molecular weight is 270 g/mol. The quantitative estimate of drug-likeness (QED) is 0.924. The minimum atomic E-state index is -0.119. The standard InChI is InChI=1S/C16H18N2O2/c1-9-10(2)20-11(3)14(9)16(19)18-13-5-4-8-17-15(13)12-6-7-12/h4-5,8,12H,6-7H2,1-3H3,(H,18,19). The largest absolute Gasteiger partial charge is 0.466 e. The third-order valence-corrected chi connectivity index (χ3v) is 3.84. The van der Waals surface area contributed by atoms with Crippen molar-refractivity contribution in [2.24, 2.45) is 0 Å². The van der Waals surface area contributed by atoms with Crippen LogP contribution >= 0.6 is 0 Å². The van der Waals surface area contributed by atoms with E-state index >= 15 is 0 Å². The van der Waals surface area contributed by atoms with Gasteiger partial charge in [-0.15, -0.1) is 0 Å². The molecule has 1 fully saturated rings. The molecule has 20 heavy (non-hydrogen) atoms. The number of anilines is 1. The fraction of sp³-hybridized carbons (Fsp3) is 0.375. The number of nitrogens with zero attached hydrogens (tertiary/aromatic N) is 1. The van der Waals surface area contributed by atoms with Crippen LogP contribution in [0.15, 0.2) is 22.7 Å². The van der Waals surface area contributed by atoms with Crippen LogP contribution in [0.3, 0.4) is 0 Å². The van der Waals surface area contributed by atoms with Crippen molar-refractivity contribution in [1.82, 2.24) is 4.98 Å². The molecule has 0 spiro atoms. The van der Waals surface area contributed by atoms with E-state index in [0.717, 1.165) is 35.5 Å². The summed E-state index contributed by atoms with van der Waals surface area (Å²) in [6.07, 6.45) is 4.09. The van der Waals surface area contributed by atoms with Crippen molar-refractivity contribution in [2.75, 3.05) is 5.32 Å². The van der Waals surface area contributed by atoms with Gasteiger partial charge < -0.3 is 9.73 Å². The lowest BCUT2D eigenvalue weighted by Gasteiger charge is -2.09. The first kappa shape index (κ1) is 12.9. The van der Waals surface area contributed by atoms with Crippen molar-refractivity contribution in [3.8, 4) is 0 Å². The molecule has 2 heterocycles. The zero-order valence-electron chi connectivity index (χ0n) is 12.0. The Kier molecular flexibility index (Phi) is 3.08. The van der Waals surface area contributed by atoms with Gasteiger partial charge in [0, 0.05) is 17.7 Å². The molecule has 0 aromatic carbocycles. The highest BCUT2D eigenvalue weighted by Gasteiger charge is 2.28. The van der Waals surface area contributed by atoms with E-state index < -0.39 is 0 Å². The SMILES string of the molecule is Cc1oc(C)c(C(=O)Nc2cccnc2C2CC2)c1C. The van der Waals surface area contributed by atoms with E-state index in [0.29, 0.717) is 17.2 Å². The van der Waals surface area contributed by atoms with Crippen LogP contribution in [0, 0.1) is 20.8 Å². The summed E-state index contributed by atoms with van der Waals surface area (Å²) in [4.78, 5) is 16.9. The second-order valence-electron chi connectivity index (χ2n) is 5.38. The van der Waals surface area contributed by atoms with Gasteiger partial charge in [-0.1, -0.05) is 0 Å². The summed E-state index contributed by atoms with van der Waals surface area (Å²) in [5.41, 5.74) is 3.35. The number of hydrogen-bond donors (Lipinski definition) is 1. The molecule has 1 aliphatic carbocycles. The number of amides is 1. The van der Waals surface area contributed by atoms with Crippen LogP contribution in [-0.2, 0) is 0 Å². The minimum Gasteiger partial charge on any atom is -0.466 e. The molecular formula is C16H18N2O2. The summed E-state index contributed by atoms with van der Waals surface area (Å²) in [6, 6.07) is 3.76. The first-order valence-electron chi connectivity index (χ1n) is 6.90. The van der Waals surface area contributed by atoms with Crippen LogP contribution < -0.4 is 5.32 Å². The molecule has 4 heteroatoms. The lowest BCUT2D eigenvalue weighted by molar-refractivity contribution is 0.102. The van der Waals surface area contributed by atoms with Gasteiger partial charge in [-0.3, -0.25) is 9.78 Å². The molecule has 3 rings (SSSR count). The number of furan rings is 1. The van der Waals surface area contributed by atoms with Gasteiger partial charge in [-0.2, -0.15) is 0 Å². The van der Waals surface area contributed by atoms with Gasteiger partial charge in [0.1, 0.15) is 11.5 Å². The van der Waals surface area contributed by atoms with Crippen LogP contribution in [0.2, 0.25) is 0 Å². The Hall–Kier alpha value is -2.10. The molecule has 2 aromatic rings. The molecule has 2 aromatic heterocycles. The van der Waals surface area contributed by atoms with Crippen LogP contribution in [-0.4, -0.2) is 10.9 Å². The highest BCUT2D eigenvalue weighted by molar-refractivity contribution is 6.06.